The summed E-state index contributed by atoms with van der Waals surface area (Å²) < 4.78 is 6.01. The van der Waals surface area contributed by atoms with E-state index < -0.39 is 12.1 Å². The van der Waals surface area contributed by atoms with Crippen molar-refractivity contribution in [2.75, 3.05) is 19.9 Å². The van der Waals surface area contributed by atoms with Crippen molar-refractivity contribution in [2.45, 2.75) is 24.7 Å². The van der Waals surface area contributed by atoms with Crippen molar-refractivity contribution in [3.05, 3.63) is 34.1 Å². The van der Waals surface area contributed by atoms with Crippen molar-refractivity contribution in [2.24, 2.45) is 0 Å². The van der Waals surface area contributed by atoms with Crippen molar-refractivity contribution in [3.8, 4) is 0 Å². The average Bonchev–Trinajstić information content (AvgIpc) is 2.60. The Kier molecular flexibility index (Phi) is 6.16. The molecule has 1 aromatic heterocycles. The molecule has 0 bridgehead atoms. The number of benzene rings is 1. The van der Waals surface area contributed by atoms with Gasteiger partial charge in [-0.25, -0.2) is 9.78 Å². The summed E-state index contributed by atoms with van der Waals surface area (Å²) in [5.41, 5.74) is 0.258. The molecule has 0 saturated heterocycles. The molecule has 1 amide bonds. The monoisotopic (exact) mass is 365 g/mol. The highest BCUT2D eigenvalue weighted by atomic mass is 32.2. The van der Waals surface area contributed by atoms with Crippen molar-refractivity contribution >= 4 is 34.5 Å². The number of hydrogen-bond acceptors (Lipinski definition) is 7. The van der Waals surface area contributed by atoms with Gasteiger partial charge in [-0.15, -0.1) is 0 Å². The van der Waals surface area contributed by atoms with E-state index >= 15 is 0 Å². The normalized spacial score (nSPS) is 12.0. The van der Waals surface area contributed by atoms with Crippen LogP contribution in [-0.4, -0.2) is 52.5 Å². The third-order valence-electron chi connectivity index (χ3n) is 3.40. The first kappa shape index (κ1) is 18.9. The number of nitrogens with zero attached hydrogens (tertiary/aromatic N) is 2. The summed E-state index contributed by atoms with van der Waals surface area (Å²) in [5.74, 6) is -0.673. The molecule has 0 aliphatic heterocycles. The molecule has 0 unspecified atom stereocenters. The van der Waals surface area contributed by atoms with Crippen molar-refractivity contribution in [1.29, 1.82) is 0 Å². The molecule has 0 aliphatic rings. The van der Waals surface area contributed by atoms with Gasteiger partial charge in [0.2, 0.25) is 5.91 Å². The van der Waals surface area contributed by atoms with Crippen LogP contribution in [0.3, 0.4) is 0 Å². The lowest BCUT2D eigenvalue weighted by Crippen LogP contribution is -2.28. The molecule has 8 nitrogen and oxygen atoms in total. The molecule has 1 heterocycles. The van der Waals surface area contributed by atoms with Crippen LogP contribution in [0.4, 0.5) is 0 Å². The van der Waals surface area contributed by atoms with Gasteiger partial charge in [0.1, 0.15) is 0 Å². The van der Waals surface area contributed by atoms with Crippen LogP contribution in [0, 0.1) is 0 Å². The Bertz CT molecular complexity index is 863. The first-order valence-electron chi connectivity index (χ1n) is 7.51. The molecule has 25 heavy (non-hydrogen) atoms. The van der Waals surface area contributed by atoms with Crippen LogP contribution < -0.4 is 10.9 Å². The van der Waals surface area contributed by atoms with Crippen molar-refractivity contribution in [1.82, 2.24) is 14.9 Å². The molecule has 2 rings (SSSR count). The fraction of sp³-hybridized carbons (Fsp3) is 0.375. The van der Waals surface area contributed by atoms with E-state index in [9.17, 15) is 19.5 Å². The summed E-state index contributed by atoms with van der Waals surface area (Å²) in [7, 11) is 2.79. The van der Waals surface area contributed by atoms with E-state index in [1.54, 1.807) is 6.92 Å². The van der Waals surface area contributed by atoms with Gasteiger partial charge in [-0.2, -0.15) is 0 Å². The number of carbonyl (C=O) groups excluding carboxylic acids is 2. The second-order valence-electron chi connectivity index (χ2n) is 5.34. The van der Waals surface area contributed by atoms with E-state index in [1.165, 1.54) is 36.9 Å². The van der Waals surface area contributed by atoms with Gasteiger partial charge >= 0.3 is 5.97 Å². The largest absolute Gasteiger partial charge is 0.465 e. The first-order valence-corrected chi connectivity index (χ1v) is 8.50. The maximum absolute atomic E-state index is 12.7. The third kappa shape index (κ3) is 4.37. The van der Waals surface area contributed by atoms with Crippen LogP contribution >= 0.6 is 11.8 Å². The molecule has 0 saturated carbocycles. The summed E-state index contributed by atoms with van der Waals surface area (Å²) in [5, 5.41) is 12.8. The molecular weight excluding hydrogens is 346 g/mol. The number of rotatable bonds is 6. The predicted octanol–water partition coefficient (Wildman–Crippen LogP) is 0.402. The zero-order chi connectivity index (χ0) is 18.6. The highest BCUT2D eigenvalue weighted by Gasteiger charge is 2.16. The van der Waals surface area contributed by atoms with E-state index in [4.69, 9.17) is 0 Å². The molecule has 0 aliphatic carbocycles. The van der Waals surface area contributed by atoms with Gasteiger partial charge in [-0.1, -0.05) is 11.8 Å². The SMILES string of the molecule is CNC(=O)CSc1nc2cc(C(=O)OC)ccc2c(=O)n1C[C@H](C)O. The second-order valence-corrected chi connectivity index (χ2v) is 6.29. The molecule has 1 aromatic carbocycles. The number of aliphatic hydroxyl groups is 1. The van der Waals surface area contributed by atoms with E-state index in [0.29, 0.717) is 16.1 Å². The van der Waals surface area contributed by atoms with Gasteiger partial charge in [-0.3, -0.25) is 14.2 Å². The topological polar surface area (TPSA) is 111 Å². The summed E-state index contributed by atoms with van der Waals surface area (Å²) >= 11 is 1.08. The highest BCUT2D eigenvalue weighted by molar-refractivity contribution is 7.99. The van der Waals surface area contributed by atoms with Crippen molar-refractivity contribution < 1.29 is 19.4 Å². The highest BCUT2D eigenvalue weighted by Crippen LogP contribution is 2.19. The standard InChI is InChI=1S/C16H19N3O5S/c1-9(20)7-19-14(22)11-5-4-10(15(23)24-3)6-12(11)18-16(19)25-8-13(21)17-2/h4-6,9,20H,7-8H2,1-3H3,(H,17,21)/t9-/m0/s1. The lowest BCUT2D eigenvalue weighted by Gasteiger charge is -2.14. The van der Waals surface area contributed by atoms with Gasteiger partial charge < -0.3 is 15.2 Å². The second kappa shape index (κ2) is 8.13. The summed E-state index contributed by atoms with van der Waals surface area (Å²) in [6, 6.07) is 4.46. The molecule has 1 atom stereocenters. The minimum absolute atomic E-state index is 0.0522. The number of esters is 1. The minimum Gasteiger partial charge on any atom is -0.465 e. The van der Waals surface area contributed by atoms with E-state index in [2.05, 4.69) is 15.0 Å². The maximum atomic E-state index is 12.7. The fourth-order valence-corrected chi connectivity index (χ4v) is 3.06. The summed E-state index contributed by atoms with van der Waals surface area (Å²) in [6.45, 7) is 1.61. The van der Waals surface area contributed by atoms with Crippen LogP contribution in [0.2, 0.25) is 0 Å². The quantitative estimate of drug-likeness (QED) is 0.433. The first-order chi connectivity index (χ1) is 11.9. The van der Waals surface area contributed by atoms with Gasteiger partial charge in [0.25, 0.3) is 5.56 Å². The van der Waals surface area contributed by atoms with Gasteiger partial charge in [0, 0.05) is 7.05 Å². The third-order valence-corrected chi connectivity index (χ3v) is 4.38. The Morgan fingerprint density at radius 3 is 2.76 bits per heavy atom. The molecule has 2 aromatic rings. The number of thioether (sulfide) groups is 1. The molecule has 0 spiro atoms. The number of aliphatic hydroxyl groups excluding tert-OH is 1. The van der Waals surface area contributed by atoms with Crippen LogP contribution in [-0.2, 0) is 16.1 Å². The number of aromatic nitrogens is 2. The lowest BCUT2D eigenvalue weighted by atomic mass is 10.1. The zero-order valence-electron chi connectivity index (χ0n) is 14.1. The number of fused-ring (bicyclic) bond motifs is 1. The summed E-state index contributed by atoms with van der Waals surface area (Å²) in [6.07, 6.45) is -0.759. The Hall–Kier alpha value is -2.39. The Morgan fingerprint density at radius 2 is 2.16 bits per heavy atom. The zero-order valence-corrected chi connectivity index (χ0v) is 14.9. The fourth-order valence-electron chi connectivity index (χ4n) is 2.18. The maximum Gasteiger partial charge on any atom is 0.337 e. The van der Waals surface area contributed by atoms with Gasteiger partial charge in [0.05, 0.1) is 42.0 Å². The molecule has 0 radical (unpaired) electrons. The van der Waals surface area contributed by atoms with Gasteiger partial charge in [0.15, 0.2) is 5.16 Å². The molecule has 0 fully saturated rings. The van der Waals surface area contributed by atoms with Crippen LogP contribution in [0.1, 0.15) is 17.3 Å². The number of methoxy groups -OCH3 is 1. The predicted molar refractivity (Wildman–Crippen MR) is 93.8 cm³/mol. The Morgan fingerprint density at radius 1 is 1.44 bits per heavy atom. The average molecular weight is 365 g/mol. The Labute approximate surface area is 148 Å². The Balaban J connectivity index is 2.58. The van der Waals surface area contributed by atoms with Crippen LogP contribution in [0.25, 0.3) is 10.9 Å². The smallest absolute Gasteiger partial charge is 0.337 e. The molecule has 9 heteroatoms. The molecule has 2 N–H and O–H groups in total. The van der Waals surface area contributed by atoms with Crippen molar-refractivity contribution in [3.63, 3.8) is 0 Å². The van der Waals surface area contributed by atoms with E-state index in [-0.39, 0.29) is 29.3 Å². The van der Waals surface area contributed by atoms with Crippen LogP contribution in [0.15, 0.2) is 28.2 Å². The number of ether oxygens (including phenoxy) is 1. The number of amides is 1. The number of hydrogen-bond donors (Lipinski definition) is 2. The van der Waals surface area contributed by atoms with Gasteiger partial charge in [-0.05, 0) is 25.1 Å². The minimum atomic E-state index is -0.759. The van der Waals surface area contributed by atoms with Crippen LogP contribution in [0.5, 0.6) is 0 Å². The van der Waals surface area contributed by atoms with E-state index in [1.807, 2.05) is 0 Å². The van der Waals surface area contributed by atoms with E-state index in [0.717, 1.165) is 11.8 Å². The molecule has 134 valence electrons. The summed E-state index contributed by atoms with van der Waals surface area (Å²) in [4.78, 5) is 40.3. The molecular formula is C16H19N3O5S. The lowest BCUT2D eigenvalue weighted by molar-refractivity contribution is -0.118. The number of nitrogens with one attached hydrogen (secondary N) is 1. The number of carbonyl (C=O) groups is 2.